The van der Waals surface area contributed by atoms with Gasteiger partial charge in [0.1, 0.15) is 0 Å². The van der Waals surface area contributed by atoms with Crippen molar-refractivity contribution >= 4 is 33.2 Å². The van der Waals surface area contributed by atoms with E-state index in [1.165, 1.54) is 0 Å². The third-order valence-corrected chi connectivity index (χ3v) is 5.31. The lowest BCUT2D eigenvalue weighted by molar-refractivity contribution is -0.124. The van der Waals surface area contributed by atoms with Gasteiger partial charge in [0.15, 0.2) is 18.1 Å². The molecule has 0 saturated heterocycles. The Hall–Kier alpha value is -2.04. The fourth-order valence-electron chi connectivity index (χ4n) is 2.55. The highest BCUT2D eigenvalue weighted by molar-refractivity contribution is 9.10. The van der Waals surface area contributed by atoms with Crippen LogP contribution in [0.1, 0.15) is 44.2 Å². The zero-order chi connectivity index (χ0) is 20.0. The quantitative estimate of drug-likeness (QED) is 0.639. The zero-order valence-corrected chi connectivity index (χ0v) is 18.2. The molecule has 1 unspecified atom stereocenters. The number of nitrogens with one attached hydrogen (secondary N) is 1. The molecule has 1 N–H and O–H groups in total. The summed E-state index contributed by atoms with van der Waals surface area (Å²) in [4.78, 5) is 13.6. The van der Waals surface area contributed by atoms with Crippen molar-refractivity contribution in [1.29, 1.82) is 5.26 Å². The summed E-state index contributed by atoms with van der Waals surface area (Å²) in [6.45, 7) is 8.38. The molecule has 0 aliphatic carbocycles. The normalized spacial score (nSPS) is 12.1. The molecule has 1 atom stereocenters. The summed E-state index contributed by atoms with van der Waals surface area (Å²) in [7, 11) is 0. The first-order valence-corrected chi connectivity index (χ1v) is 10.3. The van der Waals surface area contributed by atoms with Crippen molar-refractivity contribution in [1.82, 2.24) is 5.32 Å². The fourth-order valence-corrected chi connectivity index (χ4v) is 4.12. The van der Waals surface area contributed by atoms with Crippen molar-refractivity contribution in [2.75, 3.05) is 13.2 Å². The molecule has 0 aliphatic rings. The number of nitrogens with zero attached hydrogens (tertiary/aromatic N) is 1. The molecule has 0 spiro atoms. The molecular weight excluding hydrogens is 428 g/mol. The van der Waals surface area contributed by atoms with Crippen LogP contribution in [0, 0.1) is 16.7 Å². The van der Waals surface area contributed by atoms with E-state index in [1.807, 2.05) is 24.4 Å². The topological polar surface area (TPSA) is 71.3 Å². The minimum absolute atomic E-state index is 0.107. The number of carbonyl (C=O) groups excluding carboxylic acids is 1. The van der Waals surface area contributed by atoms with Crippen LogP contribution in [0.2, 0.25) is 0 Å². The lowest BCUT2D eigenvalue weighted by Crippen LogP contribution is -2.38. The molecule has 2 aromatic rings. The predicted molar refractivity (Wildman–Crippen MR) is 110 cm³/mol. The standard InChI is InChI=1S/C20H23BrN2O3S/c1-5-25-15-10-13(11-22)9-14(21)18(15)26-12-17(24)23-19(20(2,3)4)16-7-6-8-27-16/h6-10,19H,5,12H2,1-4H3,(H,23,24). The van der Waals surface area contributed by atoms with Crippen molar-refractivity contribution < 1.29 is 14.3 Å². The Morgan fingerprint density at radius 1 is 1.37 bits per heavy atom. The average molecular weight is 451 g/mol. The van der Waals surface area contributed by atoms with Crippen LogP contribution in [0.25, 0.3) is 0 Å². The maximum Gasteiger partial charge on any atom is 0.258 e. The highest BCUT2D eigenvalue weighted by Gasteiger charge is 2.29. The van der Waals surface area contributed by atoms with E-state index in [1.54, 1.807) is 23.5 Å². The van der Waals surface area contributed by atoms with Gasteiger partial charge in [0.25, 0.3) is 5.91 Å². The van der Waals surface area contributed by atoms with Crippen molar-refractivity contribution in [2.45, 2.75) is 33.7 Å². The first-order valence-electron chi connectivity index (χ1n) is 8.58. The van der Waals surface area contributed by atoms with E-state index >= 15 is 0 Å². The van der Waals surface area contributed by atoms with Crippen LogP contribution in [-0.2, 0) is 4.79 Å². The van der Waals surface area contributed by atoms with Crippen LogP contribution in [0.15, 0.2) is 34.1 Å². The molecule has 27 heavy (non-hydrogen) atoms. The molecule has 7 heteroatoms. The van der Waals surface area contributed by atoms with E-state index in [2.05, 4.69) is 48.1 Å². The highest BCUT2D eigenvalue weighted by atomic mass is 79.9. The Morgan fingerprint density at radius 3 is 2.67 bits per heavy atom. The Morgan fingerprint density at radius 2 is 2.11 bits per heavy atom. The summed E-state index contributed by atoms with van der Waals surface area (Å²) in [6.07, 6.45) is 0. The predicted octanol–water partition coefficient (Wildman–Crippen LogP) is 5.06. The van der Waals surface area contributed by atoms with E-state index in [-0.39, 0.29) is 24.0 Å². The number of rotatable bonds is 7. The third-order valence-electron chi connectivity index (χ3n) is 3.79. The Kier molecular flexibility index (Phi) is 7.28. The number of nitriles is 1. The molecule has 0 bridgehead atoms. The minimum atomic E-state index is -0.220. The first-order chi connectivity index (χ1) is 12.8. The molecule has 0 radical (unpaired) electrons. The zero-order valence-electron chi connectivity index (χ0n) is 15.8. The van der Waals surface area contributed by atoms with Crippen LogP contribution in [0.5, 0.6) is 11.5 Å². The molecule has 1 aromatic heterocycles. The SMILES string of the molecule is CCOc1cc(C#N)cc(Br)c1OCC(=O)NC(c1cccs1)C(C)(C)C. The number of thiophene rings is 1. The van der Waals surface area contributed by atoms with Gasteiger partial charge in [0.05, 0.1) is 28.8 Å². The summed E-state index contributed by atoms with van der Waals surface area (Å²) in [6, 6.07) is 9.20. The van der Waals surface area contributed by atoms with E-state index in [0.29, 0.717) is 28.1 Å². The van der Waals surface area contributed by atoms with Gasteiger partial charge in [0.2, 0.25) is 0 Å². The molecule has 1 heterocycles. The maximum absolute atomic E-state index is 12.5. The summed E-state index contributed by atoms with van der Waals surface area (Å²) >= 11 is 5.00. The van der Waals surface area contributed by atoms with Gasteiger partial charge in [-0.3, -0.25) is 4.79 Å². The molecule has 0 aliphatic heterocycles. The van der Waals surface area contributed by atoms with Crippen LogP contribution in [0.4, 0.5) is 0 Å². The molecular formula is C20H23BrN2O3S. The maximum atomic E-state index is 12.5. The van der Waals surface area contributed by atoms with Gasteiger partial charge in [0, 0.05) is 10.9 Å². The number of carbonyl (C=O) groups is 1. The van der Waals surface area contributed by atoms with Crippen LogP contribution in [0.3, 0.4) is 0 Å². The van der Waals surface area contributed by atoms with Gasteiger partial charge in [-0.1, -0.05) is 26.8 Å². The van der Waals surface area contributed by atoms with E-state index in [4.69, 9.17) is 14.7 Å². The minimum Gasteiger partial charge on any atom is -0.490 e. The van der Waals surface area contributed by atoms with E-state index < -0.39 is 0 Å². The number of amides is 1. The lowest BCUT2D eigenvalue weighted by Gasteiger charge is -2.30. The second kappa shape index (κ2) is 9.25. The van der Waals surface area contributed by atoms with E-state index in [9.17, 15) is 4.79 Å². The molecule has 144 valence electrons. The number of benzene rings is 1. The van der Waals surface area contributed by atoms with Gasteiger partial charge >= 0.3 is 0 Å². The average Bonchev–Trinajstić information content (AvgIpc) is 3.12. The summed E-state index contributed by atoms with van der Waals surface area (Å²) < 4.78 is 11.8. The van der Waals surface area contributed by atoms with Crippen molar-refractivity contribution in [3.05, 3.63) is 44.6 Å². The Bertz CT molecular complexity index is 823. The van der Waals surface area contributed by atoms with Crippen LogP contribution >= 0.6 is 27.3 Å². The number of hydrogen-bond donors (Lipinski definition) is 1. The lowest BCUT2D eigenvalue weighted by atomic mass is 9.86. The Labute approximate surface area is 172 Å². The smallest absolute Gasteiger partial charge is 0.258 e. The van der Waals surface area contributed by atoms with Gasteiger partial charge < -0.3 is 14.8 Å². The summed E-state index contributed by atoms with van der Waals surface area (Å²) in [5.74, 6) is 0.623. The van der Waals surface area contributed by atoms with Gasteiger partial charge in [-0.2, -0.15) is 5.26 Å². The first kappa shape index (κ1) is 21.3. The van der Waals surface area contributed by atoms with E-state index in [0.717, 1.165) is 4.88 Å². The van der Waals surface area contributed by atoms with Crippen molar-refractivity contribution in [3.8, 4) is 17.6 Å². The molecule has 0 saturated carbocycles. The molecule has 2 rings (SSSR count). The van der Waals surface area contributed by atoms with Crippen molar-refractivity contribution in [3.63, 3.8) is 0 Å². The third kappa shape index (κ3) is 5.72. The molecule has 1 aromatic carbocycles. The number of ether oxygens (including phenoxy) is 2. The second-order valence-corrected chi connectivity index (χ2v) is 8.83. The van der Waals surface area contributed by atoms with Crippen LogP contribution < -0.4 is 14.8 Å². The largest absolute Gasteiger partial charge is 0.490 e. The highest BCUT2D eigenvalue weighted by Crippen LogP contribution is 2.37. The molecule has 0 fully saturated rings. The molecule has 5 nitrogen and oxygen atoms in total. The van der Waals surface area contributed by atoms with Crippen molar-refractivity contribution in [2.24, 2.45) is 5.41 Å². The Balaban J connectivity index is 2.12. The van der Waals surface area contributed by atoms with Gasteiger partial charge in [-0.15, -0.1) is 11.3 Å². The molecule has 1 amide bonds. The monoisotopic (exact) mass is 450 g/mol. The van der Waals surface area contributed by atoms with Crippen LogP contribution in [-0.4, -0.2) is 19.1 Å². The number of halogens is 1. The number of hydrogen-bond acceptors (Lipinski definition) is 5. The summed E-state index contributed by atoms with van der Waals surface area (Å²) in [5.41, 5.74) is 0.319. The summed E-state index contributed by atoms with van der Waals surface area (Å²) in [5, 5.41) is 14.2. The van der Waals surface area contributed by atoms with Gasteiger partial charge in [-0.05, 0) is 45.8 Å². The fraction of sp³-hybridized carbons (Fsp3) is 0.400. The second-order valence-electron chi connectivity index (χ2n) is 7.00. The van der Waals surface area contributed by atoms with Gasteiger partial charge in [-0.25, -0.2) is 0 Å².